The molecule has 7 nitrogen and oxygen atoms in total. The molecule has 35 heavy (non-hydrogen) atoms. The number of nitrogens with two attached hydrogens (primary N) is 1. The van der Waals surface area contributed by atoms with Crippen molar-refractivity contribution in [3.05, 3.63) is 72.8 Å². The highest BCUT2D eigenvalue weighted by atomic mass is 32.1. The number of thiazole rings is 1. The maximum Gasteiger partial charge on any atom is 0.256 e. The van der Waals surface area contributed by atoms with E-state index in [1.807, 2.05) is 48.5 Å². The Balaban J connectivity index is 1.43. The smallest absolute Gasteiger partial charge is 0.256 e. The summed E-state index contributed by atoms with van der Waals surface area (Å²) < 4.78 is 20.4. The molecule has 182 valence electrons. The Hall–Kier alpha value is -3.72. The number of nitrogens with one attached hydrogen (secondary N) is 1. The van der Waals surface area contributed by atoms with Crippen LogP contribution in [0.3, 0.4) is 0 Å². The predicted molar refractivity (Wildman–Crippen MR) is 140 cm³/mol. The number of amides is 1. The standard InChI is InChI=1S/C26H28FN5O2S/c1-3-14-29-23(18-12-15-32(16-13-18)25(33)17(2)27)24(28)34-20-10-8-19(9-11-20)30-26-31-21-6-4-5-7-22(21)35-26/h3-11,14,17-18H,1,12-13,15-16,28H2,2H3,(H,30,31)/b24-23+,29-14-/t17-/m0/s1. The summed E-state index contributed by atoms with van der Waals surface area (Å²) in [6.45, 7) is 5.84. The third-order valence-corrected chi connectivity index (χ3v) is 6.68. The summed E-state index contributed by atoms with van der Waals surface area (Å²) in [7, 11) is 0. The van der Waals surface area contributed by atoms with Crippen LogP contribution in [0.4, 0.5) is 15.2 Å². The topological polar surface area (TPSA) is 92.8 Å². The number of fused-ring (bicyclic) bond motifs is 1. The van der Waals surface area contributed by atoms with Gasteiger partial charge in [0.2, 0.25) is 5.88 Å². The largest absolute Gasteiger partial charge is 0.440 e. The molecule has 2 heterocycles. The van der Waals surface area contributed by atoms with Gasteiger partial charge in [0, 0.05) is 30.9 Å². The molecule has 3 N–H and O–H groups in total. The number of alkyl halides is 1. The van der Waals surface area contributed by atoms with Gasteiger partial charge in [-0.25, -0.2) is 9.37 Å². The van der Waals surface area contributed by atoms with Crippen LogP contribution in [0.25, 0.3) is 10.2 Å². The minimum atomic E-state index is -1.50. The van der Waals surface area contributed by atoms with Gasteiger partial charge in [-0.2, -0.15) is 0 Å². The van der Waals surface area contributed by atoms with Crippen molar-refractivity contribution >= 4 is 44.5 Å². The zero-order valence-corrected chi connectivity index (χ0v) is 20.3. The second kappa shape index (κ2) is 11.1. The van der Waals surface area contributed by atoms with Crippen molar-refractivity contribution in [2.45, 2.75) is 25.9 Å². The molecule has 1 fully saturated rings. The average molecular weight is 494 g/mol. The summed E-state index contributed by atoms with van der Waals surface area (Å²) in [5.74, 6) is 0.277. The lowest BCUT2D eigenvalue weighted by Crippen LogP contribution is -2.42. The SMILES string of the molecule is C=C/C=N\C(=C(/N)Oc1ccc(Nc2nc3ccccc3s2)cc1)C1CCN(C(=O)[C@H](C)F)CC1. The van der Waals surface area contributed by atoms with Gasteiger partial charge in [-0.1, -0.05) is 36.1 Å². The fourth-order valence-corrected chi connectivity index (χ4v) is 4.85. The number of rotatable bonds is 8. The monoisotopic (exact) mass is 493 g/mol. The van der Waals surface area contributed by atoms with Crippen LogP contribution in [0, 0.1) is 5.92 Å². The maximum absolute atomic E-state index is 13.4. The summed E-state index contributed by atoms with van der Waals surface area (Å²) in [6.07, 6.45) is 2.88. The van der Waals surface area contributed by atoms with E-state index in [0.717, 1.165) is 21.0 Å². The Morgan fingerprint density at radius 1 is 1.29 bits per heavy atom. The molecular formula is C26H28FN5O2S. The van der Waals surface area contributed by atoms with Gasteiger partial charge < -0.3 is 20.7 Å². The molecule has 0 bridgehead atoms. The Bertz CT molecular complexity index is 1210. The number of allylic oxidation sites excluding steroid dienone is 2. The summed E-state index contributed by atoms with van der Waals surface area (Å²) in [4.78, 5) is 22.5. The van der Waals surface area contributed by atoms with Crippen LogP contribution in [-0.4, -0.2) is 41.3 Å². The Kier molecular flexibility index (Phi) is 7.77. The lowest BCUT2D eigenvalue weighted by Gasteiger charge is -2.32. The molecule has 1 saturated heterocycles. The highest BCUT2D eigenvalue weighted by Crippen LogP contribution is 2.30. The minimum Gasteiger partial charge on any atom is -0.440 e. The predicted octanol–water partition coefficient (Wildman–Crippen LogP) is 5.40. The molecule has 2 aromatic carbocycles. The number of hydrogen-bond donors (Lipinski definition) is 2. The van der Waals surface area contributed by atoms with Gasteiger partial charge in [-0.3, -0.25) is 9.79 Å². The second-order valence-electron chi connectivity index (χ2n) is 8.22. The van der Waals surface area contributed by atoms with E-state index in [-0.39, 0.29) is 11.8 Å². The number of carbonyl (C=O) groups excluding carboxylic acids is 1. The van der Waals surface area contributed by atoms with Crippen LogP contribution >= 0.6 is 11.3 Å². The molecule has 0 spiro atoms. The fraction of sp³-hybridized carbons (Fsp3) is 0.269. The second-order valence-corrected chi connectivity index (χ2v) is 9.25. The molecule has 0 aliphatic carbocycles. The number of aliphatic imine (C=N–C) groups is 1. The molecule has 0 radical (unpaired) electrons. The van der Waals surface area contributed by atoms with Crippen molar-refractivity contribution in [1.29, 1.82) is 0 Å². The molecule has 1 aliphatic heterocycles. The van der Waals surface area contributed by atoms with E-state index < -0.39 is 12.1 Å². The van der Waals surface area contributed by atoms with E-state index in [1.165, 1.54) is 6.92 Å². The molecule has 1 aromatic heterocycles. The van der Waals surface area contributed by atoms with E-state index in [2.05, 4.69) is 21.9 Å². The van der Waals surface area contributed by atoms with Crippen LogP contribution in [0.15, 0.2) is 77.8 Å². The minimum absolute atomic E-state index is 0.00913. The van der Waals surface area contributed by atoms with E-state index in [4.69, 9.17) is 10.5 Å². The Morgan fingerprint density at radius 2 is 2.00 bits per heavy atom. The molecule has 0 unspecified atom stereocenters. The van der Waals surface area contributed by atoms with E-state index in [0.29, 0.717) is 37.4 Å². The number of benzene rings is 2. The molecule has 1 aliphatic rings. The molecule has 4 rings (SSSR count). The quantitative estimate of drug-likeness (QED) is 0.324. The van der Waals surface area contributed by atoms with Gasteiger partial charge in [0.05, 0.1) is 10.2 Å². The first-order valence-electron chi connectivity index (χ1n) is 11.4. The van der Waals surface area contributed by atoms with Gasteiger partial charge in [0.1, 0.15) is 11.4 Å². The summed E-state index contributed by atoms with van der Waals surface area (Å²) >= 11 is 1.59. The van der Waals surface area contributed by atoms with Crippen LogP contribution in [0.1, 0.15) is 19.8 Å². The third kappa shape index (κ3) is 6.05. The third-order valence-electron chi connectivity index (χ3n) is 5.73. The number of para-hydroxylation sites is 1. The molecule has 1 amide bonds. The van der Waals surface area contributed by atoms with E-state index in [9.17, 15) is 9.18 Å². The van der Waals surface area contributed by atoms with Gasteiger partial charge in [-0.15, -0.1) is 0 Å². The maximum atomic E-state index is 13.4. The van der Waals surface area contributed by atoms with Crippen LogP contribution in [0.2, 0.25) is 0 Å². The van der Waals surface area contributed by atoms with Gasteiger partial charge in [0.25, 0.3) is 5.91 Å². The number of anilines is 2. The summed E-state index contributed by atoms with van der Waals surface area (Å²) in [5, 5.41) is 4.12. The van der Waals surface area contributed by atoms with Crippen molar-refractivity contribution in [2.75, 3.05) is 18.4 Å². The number of likely N-dealkylation sites (tertiary alicyclic amines) is 1. The van der Waals surface area contributed by atoms with E-state index in [1.54, 1.807) is 28.5 Å². The van der Waals surface area contributed by atoms with Gasteiger partial charge >= 0.3 is 0 Å². The van der Waals surface area contributed by atoms with Crippen molar-refractivity contribution < 1.29 is 13.9 Å². The van der Waals surface area contributed by atoms with E-state index >= 15 is 0 Å². The van der Waals surface area contributed by atoms with Gasteiger partial charge in [0.15, 0.2) is 11.3 Å². The Labute approximate surface area is 207 Å². The number of hydrogen-bond acceptors (Lipinski definition) is 7. The normalized spacial score (nSPS) is 16.2. The molecule has 0 saturated carbocycles. The lowest BCUT2D eigenvalue weighted by atomic mass is 9.93. The van der Waals surface area contributed by atoms with Crippen LogP contribution in [0.5, 0.6) is 5.75 Å². The number of halogens is 1. The van der Waals surface area contributed by atoms with Crippen molar-refractivity contribution in [1.82, 2.24) is 9.88 Å². The highest BCUT2D eigenvalue weighted by molar-refractivity contribution is 7.22. The zero-order valence-electron chi connectivity index (χ0n) is 19.5. The average Bonchev–Trinajstić information content (AvgIpc) is 3.27. The molecule has 9 heteroatoms. The fourth-order valence-electron chi connectivity index (χ4n) is 3.96. The van der Waals surface area contributed by atoms with Crippen molar-refractivity contribution in [3.63, 3.8) is 0 Å². The first-order chi connectivity index (χ1) is 16.9. The Morgan fingerprint density at radius 3 is 2.66 bits per heavy atom. The van der Waals surface area contributed by atoms with Crippen molar-refractivity contribution in [2.24, 2.45) is 16.6 Å². The van der Waals surface area contributed by atoms with Crippen LogP contribution < -0.4 is 15.8 Å². The van der Waals surface area contributed by atoms with Gasteiger partial charge in [-0.05, 0) is 56.2 Å². The summed E-state index contributed by atoms with van der Waals surface area (Å²) in [6, 6.07) is 15.4. The first-order valence-corrected chi connectivity index (χ1v) is 12.2. The number of aromatic nitrogens is 1. The number of piperidine rings is 1. The van der Waals surface area contributed by atoms with Crippen LogP contribution in [-0.2, 0) is 4.79 Å². The number of nitrogens with zero attached hydrogens (tertiary/aromatic N) is 3. The highest BCUT2D eigenvalue weighted by Gasteiger charge is 2.29. The lowest BCUT2D eigenvalue weighted by molar-refractivity contribution is -0.137. The molecule has 1 atom stereocenters. The van der Waals surface area contributed by atoms with Crippen molar-refractivity contribution in [3.8, 4) is 5.75 Å². The first kappa shape index (κ1) is 24.4. The summed E-state index contributed by atoms with van der Waals surface area (Å²) in [5.41, 5.74) is 8.75. The number of carbonyl (C=O) groups is 1. The molecule has 3 aromatic rings. The zero-order chi connectivity index (χ0) is 24.8. The molecular weight excluding hydrogens is 465 g/mol. The number of ether oxygens (including phenoxy) is 1.